The molecule has 3 rings (SSSR count). The molecule has 3 heteroatoms. The average molecular weight is 235 g/mol. The molecule has 1 unspecified atom stereocenters. The van der Waals surface area contributed by atoms with Gasteiger partial charge in [0.25, 0.3) is 0 Å². The van der Waals surface area contributed by atoms with Crippen molar-refractivity contribution in [1.82, 2.24) is 9.88 Å². The van der Waals surface area contributed by atoms with Crippen LogP contribution in [0.15, 0.2) is 24.4 Å². The Morgan fingerprint density at radius 2 is 2.31 bits per heavy atom. The van der Waals surface area contributed by atoms with E-state index >= 15 is 0 Å². The van der Waals surface area contributed by atoms with Gasteiger partial charge in [-0.3, -0.25) is 0 Å². The quantitative estimate of drug-likeness (QED) is 0.803. The standard InChI is InChI=1S/C13H15ClN2/c1-16-8-11(14)13-10(3-2-4-12(13)16)9-5-6-15-7-9/h2-4,8-9,15H,5-7H2,1H3. The summed E-state index contributed by atoms with van der Waals surface area (Å²) in [5.74, 6) is 0.614. The molecule has 1 aliphatic heterocycles. The highest BCUT2D eigenvalue weighted by molar-refractivity contribution is 6.36. The van der Waals surface area contributed by atoms with E-state index in [1.165, 1.54) is 22.9 Å². The predicted molar refractivity (Wildman–Crippen MR) is 68.2 cm³/mol. The van der Waals surface area contributed by atoms with Crippen LogP contribution in [0.3, 0.4) is 0 Å². The number of rotatable bonds is 1. The zero-order valence-electron chi connectivity index (χ0n) is 9.33. The molecule has 1 aromatic heterocycles. The Kier molecular flexibility index (Phi) is 2.41. The minimum absolute atomic E-state index is 0.614. The van der Waals surface area contributed by atoms with Crippen molar-refractivity contribution in [3.8, 4) is 0 Å². The van der Waals surface area contributed by atoms with Crippen LogP contribution in [0, 0.1) is 0 Å². The molecule has 0 amide bonds. The molecule has 0 radical (unpaired) electrons. The van der Waals surface area contributed by atoms with Crippen LogP contribution in [0.25, 0.3) is 10.9 Å². The summed E-state index contributed by atoms with van der Waals surface area (Å²) in [6.45, 7) is 2.19. The normalized spacial score (nSPS) is 20.8. The monoisotopic (exact) mass is 234 g/mol. The first-order valence-corrected chi connectivity index (χ1v) is 6.09. The van der Waals surface area contributed by atoms with Gasteiger partial charge in [0.1, 0.15) is 0 Å². The van der Waals surface area contributed by atoms with Crippen LogP contribution in [0.5, 0.6) is 0 Å². The van der Waals surface area contributed by atoms with E-state index in [0.29, 0.717) is 5.92 Å². The number of nitrogens with zero attached hydrogens (tertiary/aromatic N) is 1. The lowest BCUT2D eigenvalue weighted by molar-refractivity contribution is 0.770. The van der Waals surface area contributed by atoms with Gasteiger partial charge in [0.05, 0.1) is 5.02 Å². The fourth-order valence-corrected chi connectivity index (χ4v) is 3.03. The largest absolute Gasteiger partial charge is 0.349 e. The number of nitrogens with one attached hydrogen (secondary N) is 1. The van der Waals surface area contributed by atoms with E-state index in [1.54, 1.807) is 0 Å². The Morgan fingerprint density at radius 1 is 1.44 bits per heavy atom. The van der Waals surface area contributed by atoms with Crippen molar-refractivity contribution >= 4 is 22.5 Å². The summed E-state index contributed by atoms with van der Waals surface area (Å²) in [4.78, 5) is 0. The maximum absolute atomic E-state index is 6.32. The maximum Gasteiger partial charge on any atom is 0.0664 e. The Bertz CT molecular complexity index is 524. The Labute approximate surface area is 100 Å². The maximum atomic E-state index is 6.32. The fourth-order valence-electron chi connectivity index (χ4n) is 2.68. The predicted octanol–water partition coefficient (Wildman–Crippen LogP) is 2.91. The van der Waals surface area contributed by atoms with Crippen molar-refractivity contribution < 1.29 is 0 Å². The van der Waals surface area contributed by atoms with Gasteiger partial charge in [-0.15, -0.1) is 0 Å². The third-order valence-corrected chi connectivity index (χ3v) is 3.79. The lowest BCUT2D eigenvalue weighted by Crippen LogP contribution is -2.08. The molecular weight excluding hydrogens is 220 g/mol. The van der Waals surface area contributed by atoms with Crippen molar-refractivity contribution in [3.05, 3.63) is 35.0 Å². The molecule has 16 heavy (non-hydrogen) atoms. The number of aromatic nitrogens is 1. The first kappa shape index (κ1) is 10.2. The lowest BCUT2D eigenvalue weighted by atomic mass is 9.95. The first-order chi connectivity index (χ1) is 7.77. The van der Waals surface area contributed by atoms with Crippen LogP contribution in [0.1, 0.15) is 17.9 Å². The third-order valence-electron chi connectivity index (χ3n) is 3.50. The second kappa shape index (κ2) is 3.79. The minimum atomic E-state index is 0.614. The number of benzene rings is 1. The van der Waals surface area contributed by atoms with Crippen LogP contribution >= 0.6 is 11.6 Å². The highest BCUT2D eigenvalue weighted by Gasteiger charge is 2.20. The first-order valence-electron chi connectivity index (χ1n) is 5.71. The van der Waals surface area contributed by atoms with Gasteiger partial charge in [-0.25, -0.2) is 0 Å². The van der Waals surface area contributed by atoms with Crippen LogP contribution < -0.4 is 5.32 Å². The molecule has 1 atom stereocenters. The van der Waals surface area contributed by atoms with Crippen LogP contribution in [0.4, 0.5) is 0 Å². The number of halogens is 1. The van der Waals surface area contributed by atoms with E-state index in [4.69, 9.17) is 11.6 Å². The Balaban J connectivity index is 2.23. The van der Waals surface area contributed by atoms with Gasteiger partial charge >= 0.3 is 0 Å². The topological polar surface area (TPSA) is 17.0 Å². The molecule has 0 saturated carbocycles. The summed E-state index contributed by atoms with van der Waals surface area (Å²) in [6, 6.07) is 6.48. The molecule has 1 aliphatic rings. The number of aryl methyl sites for hydroxylation is 1. The van der Waals surface area contributed by atoms with E-state index in [9.17, 15) is 0 Å². The van der Waals surface area contributed by atoms with Crippen molar-refractivity contribution in [2.75, 3.05) is 13.1 Å². The lowest BCUT2D eigenvalue weighted by Gasteiger charge is -2.11. The molecule has 2 nitrogen and oxygen atoms in total. The van der Waals surface area contributed by atoms with E-state index in [1.807, 2.05) is 13.2 Å². The van der Waals surface area contributed by atoms with Gasteiger partial charge in [-0.05, 0) is 30.5 Å². The molecule has 1 N–H and O–H groups in total. The molecule has 1 saturated heterocycles. The molecular formula is C13H15ClN2. The summed E-state index contributed by atoms with van der Waals surface area (Å²) >= 11 is 6.32. The molecule has 2 heterocycles. The van der Waals surface area contributed by atoms with Gasteiger partial charge < -0.3 is 9.88 Å². The minimum Gasteiger partial charge on any atom is -0.349 e. The van der Waals surface area contributed by atoms with Gasteiger partial charge in [0.15, 0.2) is 0 Å². The van der Waals surface area contributed by atoms with Crippen molar-refractivity contribution in [3.63, 3.8) is 0 Å². The van der Waals surface area contributed by atoms with Crippen LogP contribution in [-0.4, -0.2) is 17.7 Å². The van der Waals surface area contributed by atoms with Crippen molar-refractivity contribution in [2.24, 2.45) is 7.05 Å². The Hall–Kier alpha value is -0.990. The van der Waals surface area contributed by atoms with E-state index in [-0.39, 0.29) is 0 Å². The summed E-state index contributed by atoms with van der Waals surface area (Å²) in [7, 11) is 2.05. The van der Waals surface area contributed by atoms with E-state index in [2.05, 4.69) is 28.1 Å². The summed E-state index contributed by atoms with van der Waals surface area (Å²) in [6.07, 6.45) is 3.21. The van der Waals surface area contributed by atoms with Gasteiger partial charge in [0.2, 0.25) is 0 Å². The molecule has 0 bridgehead atoms. The number of fused-ring (bicyclic) bond motifs is 1. The Morgan fingerprint density at radius 3 is 3.06 bits per heavy atom. The molecule has 2 aromatic rings. The summed E-state index contributed by atoms with van der Waals surface area (Å²) < 4.78 is 2.10. The average Bonchev–Trinajstić information content (AvgIpc) is 2.88. The molecule has 0 aliphatic carbocycles. The van der Waals surface area contributed by atoms with Gasteiger partial charge in [-0.1, -0.05) is 23.7 Å². The molecule has 1 fully saturated rings. The molecule has 0 spiro atoms. The van der Waals surface area contributed by atoms with Gasteiger partial charge in [-0.2, -0.15) is 0 Å². The van der Waals surface area contributed by atoms with E-state index < -0.39 is 0 Å². The summed E-state index contributed by atoms with van der Waals surface area (Å²) in [5.41, 5.74) is 2.63. The zero-order chi connectivity index (χ0) is 11.1. The molecule has 1 aromatic carbocycles. The smallest absolute Gasteiger partial charge is 0.0664 e. The van der Waals surface area contributed by atoms with Gasteiger partial charge in [0, 0.05) is 30.7 Å². The number of hydrogen-bond donors (Lipinski definition) is 1. The highest BCUT2D eigenvalue weighted by Crippen LogP contribution is 2.34. The van der Waals surface area contributed by atoms with Crippen molar-refractivity contribution in [1.29, 1.82) is 0 Å². The van der Waals surface area contributed by atoms with Crippen LogP contribution in [0.2, 0.25) is 5.02 Å². The SMILES string of the molecule is Cn1cc(Cl)c2c(C3CCNC3)cccc21. The second-order valence-electron chi connectivity index (χ2n) is 4.52. The zero-order valence-corrected chi connectivity index (χ0v) is 10.1. The highest BCUT2D eigenvalue weighted by atomic mass is 35.5. The van der Waals surface area contributed by atoms with Crippen LogP contribution in [-0.2, 0) is 7.05 Å². The van der Waals surface area contributed by atoms with Crippen molar-refractivity contribution in [2.45, 2.75) is 12.3 Å². The number of hydrogen-bond acceptors (Lipinski definition) is 1. The van der Waals surface area contributed by atoms with E-state index in [0.717, 1.165) is 18.1 Å². The summed E-state index contributed by atoms with van der Waals surface area (Å²) in [5, 5.41) is 5.52. The fraction of sp³-hybridized carbons (Fsp3) is 0.385. The molecule has 84 valence electrons. The third kappa shape index (κ3) is 1.45. The second-order valence-corrected chi connectivity index (χ2v) is 4.93.